The van der Waals surface area contributed by atoms with Crippen LogP contribution in [0.15, 0.2) is 29.2 Å². The Labute approximate surface area is 103 Å². The average Bonchev–Trinajstić information content (AvgIpc) is 2.76. The molecule has 1 aromatic carbocycles. The van der Waals surface area contributed by atoms with E-state index in [-0.39, 0.29) is 4.90 Å². The molecule has 8 heteroatoms. The Balaban J connectivity index is 2.64. The smallest absolute Gasteiger partial charge is 0.241 e. The van der Waals surface area contributed by atoms with E-state index in [9.17, 15) is 8.42 Å². The van der Waals surface area contributed by atoms with Gasteiger partial charge in [0, 0.05) is 5.56 Å². The number of aromatic nitrogens is 2. The van der Waals surface area contributed by atoms with Crippen LogP contribution in [-0.2, 0) is 10.0 Å². The Morgan fingerprint density at radius 3 is 2.59 bits per heavy atom. The summed E-state index contributed by atoms with van der Waals surface area (Å²) < 4.78 is 25.9. The number of benzene rings is 1. The molecule has 1 aromatic heterocycles. The van der Waals surface area contributed by atoms with Gasteiger partial charge in [-0.15, -0.1) is 10.2 Å². The maximum Gasteiger partial charge on any atom is 0.241 e. The molecule has 0 radical (unpaired) electrons. The van der Waals surface area contributed by atoms with Crippen molar-refractivity contribution in [2.75, 3.05) is 12.8 Å². The maximum atomic E-state index is 11.8. The number of nitrogens with two attached hydrogens (primary N) is 1. The van der Waals surface area contributed by atoms with Gasteiger partial charge in [0.25, 0.3) is 0 Å². The van der Waals surface area contributed by atoms with Crippen LogP contribution in [0.4, 0.5) is 5.13 Å². The van der Waals surface area contributed by atoms with Gasteiger partial charge >= 0.3 is 0 Å². The lowest BCUT2D eigenvalue weighted by Crippen LogP contribution is -2.19. The molecule has 6 nitrogen and oxygen atoms in total. The van der Waals surface area contributed by atoms with Crippen LogP contribution in [-0.4, -0.2) is 25.7 Å². The molecular formula is C9H10N4O2S2. The number of sulfonamides is 1. The summed E-state index contributed by atoms with van der Waals surface area (Å²) in [7, 11) is -2.16. The summed E-state index contributed by atoms with van der Waals surface area (Å²) in [5, 5.41) is 8.30. The SMILES string of the molecule is CNS(=O)(=O)c1ccccc1-c1nnc(N)s1. The van der Waals surface area contributed by atoms with E-state index in [0.717, 1.165) is 11.3 Å². The summed E-state index contributed by atoms with van der Waals surface area (Å²) >= 11 is 1.14. The molecular weight excluding hydrogens is 260 g/mol. The number of hydrogen-bond donors (Lipinski definition) is 2. The minimum atomic E-state index is -3.52. The molecule has 2 aromatic rings. The Morgan fingerprint density at radius 2 is 2.00 bits per heavy atom. The molecule has 0 aliphatic carbocycles. The highest BCUT2D eigenvalue weighted by molar-refractivity contribution is 7.89. The second-order valence-corrected chi connectivity index (χ2v) is 6.01. The van der Waals surface area contributed by atoms with Crippen LogP contribution >= 0.6 is 11.3 Å². The summed E-state index contributed by atoms with van der Waals surface area (Å²) in [5.74, 6) is 0. The molecule has 0 aliphatic heterocycles. The number of hydrogen-bond acceptors (Lipinski definition) is 6. The van der Waals surface area contributed by atoms with Gasteiger partial charge in [-0.1, -0.05) is 29.5 Å². The third-order valence-electron chi connectivity index (χ3n) is 2.12. The second kappa shape index (κ2) is 4.40. The van der Waals surface area contributed by atoms with Gasteiger partial charge in [-0.2, -0.15) is 0 Å². The van der Waals surface area contributed by atoms with Crippen molar-refractivity contribution in [1.82, 2.24) is 14.9 Å². The maximum absolute atomic E-state index is 11.8. The van der Waals surface area contributed by atoms with E-state index >= 15 is 0 Å². The fourth-order valence-corrected chi connectivity index (χ4v) is 2.98. The van der Waals surface area contributed by atoms with Crippen LogP contribution in [0.1, 0.15) is 0 Å². The molecule has 3 N–H and O–H groups in total. The zero-order valence-electron chi connectivity index (χ0n) is 8.91. The molecule has 2 rings (SSSR count). The molecule has 1 heterocycles. The lowest BCUT2D eigenvalue weighted by molar-refractivity contribution is 0.588. The lowest BCUT2D eigenvalue weighted by atomic mass is 10.2. The van der Waals surface area contributed by atoms with Crippen molar-refractivity contribution in [3.05, 3.63) is 24.3 Å². The zero-order chi connectivity index (χ0) is 12.5. The molecule has 0 spiro atoms. The molecule has 0 unspecified atom stereocenters. The van der Waals surface area contributed by atoms with Crippen LogP contribution in [0.3, 0.4) is 0 Å². The van der Waals surface area contributed by atoms with E-state index in [1.807, 2.05) is 0 Å². The molecule has 0 bridgehead atoms. The van der Waals surface area contributed by atoms with Crippen molar-refractivity contribution in [2.24, 2.45) is 0 Å². The standard InChI is InChI=1S/C9H10N4O2S2/c1-11-17(14,15)7-5-3-2-4-6(7)8-12-13-9(10)16-8/h2-5,11H,1H3,(H2,10,13). The van der Waals surface area contributed by atoms with Gasteiger partial charge in [0.1, 0.15) is 0 Å². The van der Waals surface area contributed by atoms with E-state index in [4.69, 9.17) is 5.73 Å². The first kappa shape index (κ1) is 12.0. The number of nitrogens with one attached hydrogen (secondary N) is 1. The van der Waals surface area contributed by atoms with Gasteiger partial charge in [-0.25, -0.2) is 13.1 Å². The van der Waals surface area contributed by atoms with Crippen molar-refractivity contribution in [3.63, 3.8) is 0 Å². The van der Waals surface area contributed by atoms with Gasteiger partial charge in [0.05, 0.1) is 4.90 Å². The lowest BCUT2D eigenvalue weighted by Gasteiger charge is -2.06. The first-order valence-electron chi connectivity index (χ1n) is 4.66. The summed E-state index contributed by atoms with van der Waals surface area (Å²) in [4.78, 5) is 0.165. The van der Waals surface area contributed by atoms with E-state index in [1.165, 1.54) is 13.1 Å². The Bertz CT molecular complexity index is 636. The van der Waals surface area contributed by atoms with E-state index in [0.29, 0.717) is 15.7 Å². The summed E-state index contributed by atoms with van der Waals surface area (Å²) in [6, 6.07) is 6.57. The summed E-state index contributed by atoms with van der Waals surface area (Å²) in [6.45, 7) is 0. The van der Waals surface area contributed by atoms with Gasteiger partial charge < -0.3 is 5.73 Å². The molecule has 17 heavy (non-hydrogen) atoms. The van der Waals surface area contributed by atoms with Crippen LogP contribution in [0.2, 0.25) is 0 Å². The van der Waals surface area contributed by atoms with Crippen molar-refractivity contribution in [3.8, 4) is 10.6 Å². The fraction of sp³-hybridized carbons (Fsp3) is 0.111. The van der Waals surface area contributed by atoms with Crippen LogP contribution in [0.25, 0.3) is 10.6 Å². The fourth-order valence-electron chi connectivity index (χ4n) is 1.33. The number of nitrogen functional groups attached to an aromatic ring is 1. The van der Waals surface area contributed by atoms with Crippen LogP contribution in [0, 0.1) is 0 Å². The van der Waals surface area contributed by atoms with Crippen molar-refractivity contribution in [1.29, 1.82) is 0 Å². The predicted octanol–water partition coefficient (Wildman–Crippen LogP) is 0.695. The Kier molecular flexibility index (Phi) is 3.09. The highest BCUT2D eigenvalue weighted by Crippen LogP contribution is 2.30. The largest absolute Gasteiger partial charge is 0.374 e. The van der Waals surface area contributed by atoms with Crippen molar-refractivity contribution < 1.29 is 8.42 Å². The molecule has 0 fully saturated rings. The van der Waals surface area contributed by atoms with Gasteiger partial charge in [-0.05, 0) is 13.1 Å². The monoisotopic (exact) mass is 270 g/mol. The number of anilines is 1. The highest BCUT2D eigenvalue weighted by Gasteiger charge is 2.19. The third kappa shape index (κ3) is 2.28. The summed E-state index contributed by atoms with van der Waals surface area (Å²) in [6.07, 6.45) is 0. The van der Waals surface area contributed by atoms with Crippen molar-refractivity contribution >= 4 is 26.5 Å². The first-order valence-corrected chi connectivity index (χ1v) is 6.96. The molecule has 90 valence electrons. The normalized spacial score (nSPS) is 11.6. The molecule has 0 amide bonds. The number of rotatable bonds is 3. The molecule has 0 saturated carbocycles. The minimum absolute atomic E-state index is 0.165. The van der Waals surface area contributed by atoms with Gasteiger partial charge in [0.2, 0.25) is 15.2 Å². The predicted molar refractivity (Wildman–Crippen MR) is 66.0 cm³/mol. The number of nitrogens with zero attached hydrogens (tertiary/aromatic N) is 2. The second-order valence-electron chi connectivity index (χ2n) is 3.15. The van der Waals surface area contributed by atoms with Crippen LogP contribution < -0.4 is 10.5 Å². The highest BCUT2D eigenvalue weighted by atomic mass is 32.2. The van der Waals surface area contributed by atoms with E-state index in [2.05, 4.69) is 14.9 Å². The molecule has 0 saturated heterocycles. The molecule has 0 atom stereocenters. The topological polar surface area (TPSA) is 98.0 Å². The van der Waals surface area contributed by atoms with Gasteiger partial charge in [0.15, 0.2) is 5.01 Å². The third-order valence-corrected chi connectivity index (χ3v) is 4.37. The zero-order valence-corrected chi connectivity index (χ0v) is 10.5. The molecule has 0 aliphatic rings. The minimum Gasteiger partial charge on any atom is -0.374 e. The first-order chi connectivity index (χ1) is 8.04. The quantitative estimate of drug-likeness (QED) is 0.855. The Morgan fingerprint density at radius 1 is 1.29 bits per heavy atom. The average molecular weight is 270 g/mol. The summed E-state index contributed by atoms with van der Waals surface area (Å²) in [5.41, 5.74) is 5.98. The van der Waals surface area contributed by atoms with Gasteiger partial charge in [-0.3, -0.25) is 0 Å². The van der Waals surface area contributed by atoms with Crippen LogP contribution in [0.5, 0.6) is 0 Å². The Hall–Kier alpha value is -1.51. The van der Waals surface area contributed by atoms with E-state index in [1.54, 1.807) is 18.2 Å². The van der Waals surface area contributed by atoms with E-state index < -0.39 is 10.0 Å². The van der Waals surface area contributed by atoms with Crippen molar-refractivity contribution in [2.45, 2.75) is 4.90 Å².